The first-order valence-corrected chi connectivity index (χ1v) is 15.9. The van der Waals surface area contributed by atoms with Gasteiger partial charge in [0.05, 0.1) is 9.60 Å². The summed E-state index contributed by atoms with van der Waals surface area (Å²) in [5, 5.41) is 3.99. The Morgan fingerprint density at radius 3 is 1.73 bits per heavy atom. The normalized spacial score (nSPS) is 13.7. The second kappa shape index (κ2) is 11.0. The molecule has 2 aromatic heterocycles. The highest BCUT2D eigenvalue weighted by Crippen LogP contribution is 2.39. The summed E-state index contributed by atoms with van der Waals surface area (Å²) in [6.45, 7) is 0. The molecule has 4 nitrogen and oxygen atoms in total. The lowest BCUT2D eigenvalue weighted by atomic mass is 9.92. The number of hydrogen-bond donors (Lipinski definition) is 0. The molecule has 0 radical (unpaired) electrons. The molecule has 0 N–H and O–H groups in total. The summed E-state index contributed by atoms with van der Waals surface area (Å²) < 4.78 is 67.9. The van der Waals surface area contributed by atoms with Gasteiger partial charge < -0.3 is 4.42 Å². The van der Waals surface area contributed by atoms with Crippen LogP contribution in [0.15, 0.2) is 168 Å². The largest absolute Gasteiger partial charge is 0.456 e. The van der Waals surface area contributed by atoms with Crippen LogP contribution in [0.4, 0.5) is 0 Å². The molecule has 0 aliphatic rings. The van der Waals surface area contributed by atoms with Gasteiger partial charge in [-0.05, 0) is 73.8 Å². The van der Waals surface area contributed by atoms with Gasteiger partial charge in [0.25, 0.3) is 0 Å². The number of benzene rings is 8. The Morgan fingerprint density at radius 2 is 1.00 bits per heavy atom. The van der Waals surface area contributed by atoms with Crippen LogP contribution in [0, 0.1) is 0 Å². The summed E-state index contributed by atoms with van der Waals surface area (Å²) in [7, 11) is 0. The molecule has 2 heterocycles. The van der Waals surface area contributed by atoms with Crippen LogP contribution >= 0.6 is 0 Å². The van der Waals surface area contributed by atoms with Crippen molar-refractivity contribution in [1.29, 1.82) is 0 Å². The number of rotatable bonds is 4. The van der Waals surface area contributed by atoms with Gasteiger partial charge in [0, 0.05) is 27.5 Å². The molecule has 10 rings (SSSR count). The molecule has 0 bridgehead atoms. The van der Waals surface area contributed by atoms with Gasteiger partial charge in [0.1, 0.15) is 11.2 Å². The smallest absolute Gasteiger partial charge is 0.164 e. The Balaban J connectivity index is 1.15. The first kappa shape index (κ1) is 21.3. The molecule has 228 valence electrons. The second-order valence-electron chi connectivity index (χ2n) is 11.9. The Bertz CT molecular complexity index is 3220. The fraction of sp³-hybridized carbons (Fsp3) is 0. The monoisotopic (exact) mass is 632 g/mol. The lowest BCUT2D eigenvalue weighted by Crippen LogP contribution is -2.00. The maximum Gasteiger partial charge on any atom is 0.164 e. The van der Waals surface area contributed by atoms with Crippen molar-refractivity contribution in [3.8, 4) is 45.3 Å². The summed E-state index contributed by atoms with van der Waals surface area (Å²) in [5.74, 6) is 1.60. The van der Waals surface area contributed by atoms with E-state index in [1.165, 1.54) is 18.2 Å². The van der Waals surface area contributed by atoms with Crippen molar-refractivity contribution in [3.05, 3.63) is 164 Å². The summed E-state index contributed by atoms with van der Waals surface area (Å²) >= 11 is 0. The first-order chi connectivity index (χ1) is 27.1. The molecule has 0 atom stereocenters. The van der Waals surface area contributed by atoms with E-state index >= 15 is 0 Å². The highest BCUT2D eigenvalue weighted by molar-refractivity contribution is 6.25. The van der Waals surface area contributed by atoms with Crippen LogP contribution in [0.2, 0.25) is 0 Å². The molecule has 0 fully saturated rings. The van der Waals surface area contributed by atoms with E-state index in [1.54, 1.807) is 6.07 Å². The third-order valence-corrected chi connectivity index (χ3v) is 8.95. The molecule has 0 amide bonds. The number of furan rings is 1. The standard InChI is InChI=1S/C45H27N3O/c1-3-11-28(12-4-1)43-46-44(29-13-5-2-6-14-29)48-45(47-43)32-20-23-38-40-26-31(21-24-41(40)49-42(38)27-32)30-19-22-37-35-17-8-7-15-33(35)34-16-9-10-18-36(34)39(37)25-30/h1-27H/i7D,8D,9D,16D,18D,19D,25D. The zero-order valence-electron chi connectivity index (χ0n) is 32.8. The maximum absolute atomic E-state index is 9.57. The molecule has 8 aromatic carbocycles. The highest BCUT2D eigenvalue weighted by Gasteiger charge is 2.16. The highest BCUT2D eigenvalue weighted by atomic mass is 16.3. The number of hydrogen-bond acceptors (Lipinski definition) is 4. The molecule has 0 spiro atoms. The maximum atomic E-state index is 9.57. The Kier molecular flexibility index (Phi) is 4.76. The topological polar surface area (TPSA) is 51.8 Å². The van der Waals surface area contributed by atoms with Gasteiger partial charge in [0.2, 0.25) is 0 Å². The Morgan fingerprint density at radius 1 is 0.367 bits per heavy atom. The van der Waals surface area contributed by atoms with Gasteiger partial charge in [-0.25, -0.2) is 15.0 Å². The summed E-state index contributed by atoms with van der Waals surface area (Å²) in [6.07, 6.45) is 0. The minimum absolute atomic E-state index is 0.000718. The van der Waals surface area contributed by atoms with E-state index in [-0.39, 0.29) is 47.7 Å². The average Bonchev–Trinajstić information content (AvgIpc) is 3.58. The zero-order valence-corrected chi connectivity index (χ0v) is 25.8. The fourth-order valence-corrected chi connectivity index (χ4v) is 6.58. The molecule has 4 heteroatoms. The van der Waals surface area contributed by atoms with E-state index in [9.17, 15) is 2.74 Å². The van der Waals surface area contributed by atoms with Gasteiger partial charge in [-0.2, -0.15) is 0 Å². The molecule has 0 unspecified atom stereocenters. The molecule has 10 aromatic rings. The van der Waals surface area contributed by atoms with Gasteiger partial charge >= 0.3 is 0 Å². The van der Waals surface area contributed by atoms with Crippen molar-refractivity contribution >= 4 is 54.3 Å². The van der Waals surface area contributed by atoms with Crippen molar-refractivity contribution in [1.82, 2.24) is 15.0 Å². The minimum atomic E-state index is -0.141. The van der Waals surface area contributed by atoms with Gasteiger partial charge in [-0.15, -0.1) is 0 Å². The molecule has 0 aliphatic heterocycles. The summed E-state index contributed by atoms with van der Waals surface area (Å²) in [6, 6.07) is 36.5. The molecule has 0 saturated heterocycles. The third-order valence-electron chi connectivity index (χ3n) is 8.95. The van der Waals surface area contributed by atoms with Crippen LogP contribution in [0.25, 0.3) is 99.5 Å². The van der Waals surface area contributed by atoms with Gasteiger partial charge in [-0.3, -0.25) is 0 Å². The first-order valence-electron chi connectivity index (χ1n) is 19.4. The van der Waals surface area contributed by atoms with Crippen LogP contribution in [0.3, 0.4) is 0 Å². The van der Waals surface area contributed by atoms with Crippen LogP contribution in [-0.4, -0.2) is 15.0 Å². The SMILES string of the molecule is [2H]c1cc2c(cc1[2H])c1c([2H])c([2H])cc([2H])c1c1c([2H])c(-c3ccc4oc5cc(-c6nc(-c7ccccc7)nc(-c7ccccc7)n6)ccc5c4c3)c([2H])cc21. The Hall–Kier alpha value is -6.65. The average molecular weight is 633 g/mol. The van der Waals surface area contributed by atoms with E-state index in [4.69, 9.17) is 26.2 Å². The molecular formula is C45H27N3O. The number of aromatic nitrogens is 3. The number of fused-ring (bicyclic) bond motifs is 9. The van der Waals surface area contributed by atoms with Crippen molar-refractivity contribution in [3.63, 3.8) is 0 Å². The van der Waals surface area contributed by atoms with Crippen molar-refractivity contribution in [2.45, 2.75) is 0 Å². The van der Waals surface area contributed by atoms with Crippen LogP contribution in [0.5, 0.6) is 0 Å². The summed E-state index contributed by atoms with van der Waals surface area (Å²) in [4.78, 5) is 14.5. The molecular weight excluding hydrogens is 599 g/mol. The predicted octanol–water partition coefficient (Wildman–Crippen LogP) is 11.9. The van der Waals surface area contributed by atoms with E-state index in [2.05, 4.69) is 0 Å². The molecule has 0 aliphatic carbocycles. The van der Waals surface area contributed by atoms with Crippen molar-refractivity contribution < 1.29 is 14.0 Å². The van der Waals surface area contributed by atoms with Gasteiger partial charge in [0.15, 0.2) is 17.5 Å². The third kappa shape index (κ3) is 4.57. The fourth-order valence-electron chi connectivity index (χ4n) is 6.58. The van der Waals surface area contributed by atoms with Gasteiger partial charge in [-0.1, -0.05) is 133 Å². The van der Waals surface area contributed by atoms with E-state index in [0.29, 0.717) is 66.7 Å². The van der Waals surface area contributed by atoms with Crippen LogP contribution in [-0.2, 0) is 0 Å². The zero-order chi connectivity index (χ0) is 38.4. The van der Waals surface area contributed by atoms with E-state index < -0.39 is 0 Å². The Labute approximate surface area is 291 Å². The number of nitrogens with zero attached hydrogens (tertiary/aromatic N) is 3. The van der Waals surface area contributed by atoms with E-state index in [1.807, 2.05) is 97.1 Å². The summed E-state index contributed by atoms with van der Waals surface area (Å²) in [5.41, 5.74) is 4.64. The lowest BCUT2D eigenvalue weighted by molar-refractivity contribution is 0.669. The predicted molar refractivity (Wildman–Crippen MR) is 201 cm³/mol. The van der Waals surface area contributed by atoms with Crippen molar-refractivity contribution in [2.75, 3.05) is 0 Å². The minimum Gasteiger partial charge on any atom is -0.456 e. The second-order valence-corrected chi connectivity index (χ2v) is 11.9. The van der Waals surface area contributed by atoms with Crippen molar-refractivity contribution in [2.24, 2.45) is 0 Å². The van der Waals surface area contributed by atoms with Crippen LogP contribution < -0.4 is 0 Å². The van der Waals surface area contributed by atoms with E-state index in [0.717, 1.165) is 27.5 Å². The molecule has 49 heavy (non-hydrogen) atoms. The lowest BCUT2D eigenvalue weighted by Gasteiger charge is -2.12. The van der Waals surface area contributed by atoms with Crippen LogP contribution in [0.1, 0.15) is 9.60 Å². The molecule has 0 saturated carbocycles. The quantitative estimate of drug-likeness (QED) is 0.181.